The molecule has 1 atom stereocenters. The van der Waals surface area contributed by atoms with E-state index in [2.05, 4.69) is 142 Å². The molecule has 0 aliphatic carbocycles. The van der Waals surface area contributed by atoms with Gasteiger partial charge < -0.3 is 24.5 Å². The van der Waals surface area contributed by atoms with E-state index in [9.17, 15) is 5.11 Å². The molecule has 0 aliphatic heterocycles. The number of likely N-dealkylation sites (N-methyl/N-ethyl adjacent to an activating group) is 2. The molecule has 5 nitrogen and oxygen atoms in total. The lowest BCUT2D eigenvalue weighted by Crippen LogP contribution is -2.21. The van der Waals surface area contributed by atoms with Crippen molar-refractivity contribution in [2.45, 2.75) is 32.2 Å². The van der Waals surface area contributed by atoms with Gasteiger partial charge in [0.25, 0.3) is 0 Å². The van der Waals surface area contributed by atoms with Crippen LogP contribution in [0.1, 0.15) is 34.0 Å². The molecule has 6 aromatic rings. The number of aliphatic hydroxyl groups is 1. The molecule has 0 bridgehead atoms. The summed E-state index contributed by atoms with van der Waals surface area (Å²) in [5, 5.41) is 14.1. The lowest BCUT2D eigenvalue weighted by molar-refractivity contribution is 0.151. The third-order valence-electron chi connectivity index (χ3n) is 8.33. The van der Waals surface area contributed by atoms with Crippen LogP contribution in [0.4, 0.5) is 0 Å². The number of aromatic amines is 1. The molecular weight excluding hydrogens is 596 g/mol. The van der Waals surface area contributed by atoms with E-state index in [1.54, 1.807) is 0 Å². The third-order valence-corrected chi connectivity index (χ3v) is 8.82. The number of nitrogens with one attached hydrogen (secondary N) is 1. The molecule has 2 heterocycles. The molecule has 0 aliphatic rings. The highest BCUT2D eigenvalue weighted by Gasteiger charge is 2.17. The predicted octanol–water partition coefficient (Wildman–Crippen LogP) is 7.77. The van der Waals surface area contributed by atoms with Crippen molar-refractivity contribution in [3.63, 3.8) is 0 Å². The van der Waals surface area contributed by atoms with Crippen molar-refractivity contribution in [3.8, 4) is 0 Å². The first-order valence-electron chi connectivity index (χ1n) is 15.0. The number of fused-ring (bicyclic) bond motifs is 2. The fourth-order valence-electron chi connectivity index (χ4n) is 6.07. The molecule has 4 aromatic carbocycles. The van der Waals surface area contributed by atoms with Gasteiger partial charge in [-0.3, -0.25) is 0 Å². The first-order chi connectivity index (χ1) is 20.9. The maximum absolute atomic E-state index is 11.6. The minimum atomic E-state index is -0.755. The molecular formula is C37H39BrN4O. The fourth-order valence-corrected chi connectivity index (χ4v) is 6.52. The Hall–Kier alpha value is -3.68. The predicted molar refractivity (Wildman–Crippen MR) is 181 cm³/mol. The van der Waals surface area contributed by atoms with Gasteiger partial charge in [0.2, 0.25) is 0 Å². The molecule has 0 spiro atoms. The number of benzene rings is 4. The van der Waals surface area contributed by atoms with Crippen molar-refractivity contribution >= 4 is 37.7 Å². The van der Waals surface area contributed by atoms with E-state index in [-0.39, 0.29) is 0 Å². The minimum absolute atomic E-state index is 0.755. The van der Waals surface area contributed by atoms with Crippen LogP contribution in [0.3, 0.4) is 0 Å². The van der Waals surface area contributed by atoms with Crippen molar-refractivity contribution < 1.29 is 5.11 Å². The molecule has 0 radical (unpaired) electrons. The van der Waals surface area contributed by atoms with Gasteiger partial charge in [0.05, 0.1) is 5.52 Å². The molecule has 0 saturated heterocycles. The number of para-hydroxylation sites is 2. The van der Waals surface area contributed by atoms with Crippen LogP contribution in [0, 0.1) is 0 Å². The van der Waals surface area contributed by atoms with Gasteiger partial charge >= 0.3 is 0 Å². The second kappa shape index (κ2) is 13.3. The molecule has 0 saturated carbocycles. The van der Waals surface area contributed by atoms with Crippen LogP contribution in [-0.4, -0.2) is 51.6 Å². The summed E-state index contributed by atoms with van der Waals surface area (Å²) in [5.41, 5.74) is 8.24. The van der Waals surface area contributed by atoms with E-state index >= 15 is 0 Å². The van der Waals surface area contributed by atoms with Gasteiger partial charge in [-0.2, -0.15) is 0 Å². The van der Waals surface area contributed by atoms with Gasteiger partial charge in [0.1, 0.15) is 0 Å². The number of rotatable bonds is 12. The van der Waals surface area contributed by atoms with Crippen molar-refractivity contribution in [2.24, 2.45) is 0 Å². The molecule has 2 aromatic heterocycles. The average molecular weight is 636 g/mol. The number of halogens is 1. The van der Waals surface area contributed by atoms with E-state index in [1.165, 1.54) is 38.5 Å². The van der Waals surface area contributed by atoms with Gasteiger partial charge in [0.15, 0.2) is 6.23 Å². The van der Waals surface area contributed by atoms with Crippen LogP contribution in [0.15, 0.2) is 114 Å². The van der Waals surface area contributed by atoms with Crippen LogP contribution in [0.2, 0.25) is 0 Å². The zero-order chi connectivity index (χ0) is 29.8. The van der Waals surface area contributed by atoms with Crippen LogP contribution in [0.25, 0.3) is 21.8 Å². The monoisotopic (exact) mass is 634 g/mol. The number of nitrogens with zero attached hydrogens (tertiary/aromatic N) is 3. The average Bonchev–Trinajstić information content (AvgIpc) is 3.60. The van der Waals surface area contributed by atoms with Crippen molar-refractivity contribution in [3.05, 3.63) is 142 Å². The van der Waals surface area contributed by atoms with E-state index in [1.807, 2.05) is 16.7 Å². The lowest BCUT2D eigenvalue weighted by Gasteiger charge is -2.19. The van der Waals surface area contributed by atoms with Gasteiger partial charge in [-0.25, -0.2) is 0 Å². The first-order valence-corrected chi connectivity index (χ1v) is 15.8. The molecule has 6 heteroatoms. The first kappa shape index (κ1) is 29.4. The molecule has 43 heavy (non-hydrogen) atoms. The summed E-state index contributed by atoms with van der Waals surface area (Å²) >= 11 is 3.58. The zero-order valence-electron chi connectivity index (χ0n) is 24.9. The van der Waals surface area contributed by atoms with Crippen molar-refractivity contribution in [1.29, 1.82) is 0 Å². The van der Waals surface area contributed by atoms with E-state index in [4.69, 9.17) is 0 Å². The van der Waals surface area contributed by atoms with E-state index < -0.39 is 6.23 Å². The highest BCUT2D eigenvalue weighted by atomic mass is 79.9. The summed E-state index contributed by atoms with van der Waals surface area (Å²) in [5.74, 6) is 0. The molecule has 6 rings (SSSR count). The standard InChI is InChI=1S/C37H39BrN4O/c1-40(19-17-30-23-39-35-15-5-3-13-33(30)35)24-27-9-7-11-29(21-27)37(43)42-26-31(34-14-4-6-16-36(34)42)18-20-41(2)25-28-10-8-12-32(38)22-28/h3-16,21-23,26,37,39,43H,17-20,24-25H2,1-2H3. The summed E-state index contributed by atoms with van der Waals surface area (Å²) in [6.45, 7) is 3.60. The molecule has 0 fully saturated rings. The summed E-state index contributed by atoms with van der Waals surface area (Å²) in [4.78, 5) is 8.08. The van der Waals surface area contributed by atoms with Crippen molar-refractivity contribution in [2.75, 3.05) is 27.2 Å². The summed E-state index contributed by atoms with van der Waals surface area (Å²) in [6, 6.07) is 33.8. The molecule has 220 valence electrons. The maximum atomic E-state index is 11.6. The lowest BCUT2D eigenvalue weighted by atomic mass is 10.1. The Kier molecular flexibility index (Phi) is 9.10. The Morgan fingerprint density at radius 2 is 1.40 bits per heavy atom. The van der Waals surface area contributed by atoms with E-state index in [0.717, 1.165) is 54.6 Å². The largest absolute Gasteiger partial charge is 0.369 e. The zero-order valence-corrected chi connectivity index (χ0v) is 26.5. The molecule has 0 amide bonds. The van der Waals surface area contributed by atoms with Crippen LogP contribution < -0.4 is 0 Å². The Labute approximate surface area is 262 Å². The highest BCUT2D eigenvalue weighted by molar-refractivity contribution is 9.10. The third kappa shape index (κ3) is 6.94. The smallest absolute Gasteiger partial charge is 0.157 e. The number of hydrogen-bond acceptors (Lipinski definition) is 3. The SMILES string of the molecule is CN(CCc1c[nH]c2ccccc12)Cc1cccc(C(O)n2cc(CCN(C)Cc3cccc(Br)c3)c3ccccc32)c1. The van der Waals surface area contributed by atoms with Gasteiger partial charge in [-0.05, 0) is 79.5 Å². The minimum Gasteiger partial charge on any atom is -0.369 e. The number of aliphatic hydroxyl groups excluding tert-OH is 1. The molecule has 1 unspecified atom stereocenters. The Morgan fingerprint density at radius 1 is 0.744 bits per heavy atom. The van der Waals surface area contributed by atoms with Gasteiger partial charge in [0, 0.05) is 64.9 Å². The Morgan fingerprint density at radius 3 is 2.16 bits per heavy atom. The fraction of sp³-hybridized carbons (Fsp3) is 0.243. The summed E-state index contributed by atoms with van der Waals surface area (Å²) in [7, 11) is 4.33. The van der Waals surface area contributed by atoms with Crippen LogP contribution in [0.5, 0.6) is 0 Å². The van der Waals surface area contributed by atoms with E-state index in [0.29, 0.717) is 0 Å². The van der Waals surface area contributed by atoms with Gasteiger partial charge in [-0.15, -0.1) is 0 Å². The number of hydrogen-bond donors (Lipinski definition) is 2. The Balaban J connectivity index is 1.12. The van der Waals surface area contributed by atoms with Crippen LogP contribution >= 0.6 is 15.9 Å². The van der Waals surface area contributed by atoms with Crippen molar-refractivity contribution in [1.82, 2.24) is 19.4 Å². The maximum Gasteiger partial charge on any atom is 0.157 e. The van der Waals surface area contributed by atoms with Gasteiger partial charge in [-0.1, -0.05) is 82.7 Å². The topological polar surface area (TPSA) is 47.4 Å². The molecule has 2 N–H and O–H groups in total. The highest BCUT2D eigenvalue weighted by Crippen LogP contribution is 2.28. The van der Waals surface area contributed by atoms with Crippen LogP contribution in [-0.2, 0) is 25.9 Å². The second-order valence-corrected chi connectivity index (χ2v) is 12.6. The second-order valence-electron chi connectivity index (χ2n) is 11.7. The number of H-pyrrole nitrogens is 1. The number of aromatic nitrogens is 2. The Bertz CT molecular complexity index is 1820. The summed E-state index contributed by atoms with van der Waals surface area (Å²) < 4.78 is 3.13. The normalized spacial score (nSPS) is 12.6. The summed E-state index contributed by atoms with van der Waals surface area (Å²) in [6.07, 6.45) is 5.41. The quantitative estimate of drug-likeness (QED) is 0.145.